The van der Waals surface area contributed by atoms with E-state index in [-0.39, 0.29) is 5.56 Å². The molecule has 5 heteroatoms. The van der Waals surface area contributed by atoms with E-state index in [1.54, 1.807) is 18.3 Å². The predicted octanol–water partition coefficient (Wildman–Crippen LogP) is 4.55. The number of hydrogen-bond donors (Lipinski definition) is 1. The first-order chi connectivity index (χ1) is 12.6. The summed E-state index contributed by atoms with van der Waals surface area (Å²) in [7, 11) is 1.93. The molecule has 0 fully saturated rings. The molecule has 1 N–H and O–H groups in total. The molecule has 0 aliphatic carbocycles. The number of nitrogens with zero attached hydrogens (tertiary/aromatic N) is 3. The molecule has 5 nitrogen and oxygen atoms in total. The number of anilines is 3. The Morgan fingerprint density at radius 1 is 1.04 bits per heavy atom. The quantitative estimate of drug-likeness (QED) is 0.708. The van der Waals surface area contributed by atoms with Gasteiger partial charge in [0.25, 0.3) is 0 Å². The molecule has 3 aromatic rings. The van der Waals surface area contributed by atoms with Gasteiger partial charge in [-0.2, -0.15) is 0 Å². The van der Waals surface area contributed by atoms with Crippen molar-refractivity contribution in [1.29, 1.82) is 0 Å². The molecule has 0 atom stereocenters. The Hall–Kier alpha value is -3.08. The SMILES string of the molecule is CCN(CC)c1ncc(N(C)c2ccccc2)c2c(C(=O)O)cccc12. The highest BCUT2D eigenvalue weighted by Gasteiger charge is 2.20. The van der Waals surface area contributed by atoms with Crippen LogP contribution in [-0.4, -0.2) is 36.2 Å². The zero-order valence-electron chi connectivity index (χ0n) is 15.3. The van der Waals surface area contributed by atoms with Crippen LogP contribution in [0.25, 0.3) is 10.8 Å². The Morgan fingerprint density at radius 3 is 2.35 bits per heavy atom. The van der Waals surface area contributed by atoms with Gasteiger partial charge in [0.2, 0.25) is 0 Å². The third kappa shape index (κ3) is 3.08. The van der Waals surface area contributed by atoms with E-state index in [1.807, 2.05) is 48.3 Å². The first-order valence-corrected chi connectivity index (χ1v) is 8.77. The number of benzene rings is 2. The highest BCUT2D eigenvalue weighted by molar-refractivity contribution is 6.12. The number of hydrogen-bond acceptors (Lipinski definition) is 4. The summed E-state index contributed by atoms with van der Waals surface area (Å²) < 4.78 is 0. The van der Waals surface area contributed by atoms with Crippen LogP contribution in [0.4, 0.5) is 17.2 Å². The Labute approximate surface area is 153 Å². The Morgan fingerprint density at radius 2 is 1.73 bits per heavy atom. The van der Waals surface area contributed by atoms with Crippen LogP contribution < -0.4 is 9.80 Å². The van der Waals surface area contributed by atoms with E-state index >= 15 is 0 Å². The topological polar surface area (TPSA) is 56.7 Å². The fourth-order valence-corrected chi connectivity index (χ4v) is 3.27. The van der Waals surface area contributed by atoms with Crippen molar-refractivity contribution in [2.45, 2.75) is 13.8 Å². The largest absolute Gasteiger partial charge is 0.478 e. The maximum Gasteiger partial charge on any atom is 0.336 e. The average molecular weight is 349 g/mol. The van der Waals surface area contributed by atoms with Crippen molar-refractivity contribution in [3.8, 4) is 0 Å². The highest BCUT2D eigenvalue weighted by atomic mass is 16.4. The minimum atomic E-state index is -0.935. The zero-order chi connectivity index (χ0) is 18.7. The molecule has 0 aliphatic heterocycles. The summed E-state index contributed by atoms with van der Waals surface area (Å²) in [5.41, 5.74) is 2.04. The van der Waals surface area contributed by atoms with Crippen molar-refractivity contribution < 1.29 is 9.90 Å². The van der Waals surface area contributed by atoms with E-state index < -0.39 is 5.97 Å². The van der Waals surface area contributed by atoms with E-state index in [9.17, 15) is 9.90 Å². The molecule has 0 bridgehead atoms. The number of pyridine rings is 1. The fraction of sp³-hybridized carbons (Fsp3) is 0.238. The summed E-state index contributed by atoms with van der Waals surface area (Å²) in [6.07, 6.45) is 1.77. The normalized spacial score (nSPS) is 10.7. The number of fused-ring (bicyclic) bond motifs is 1. The molecule has 134 valence electrons. The van der Waals surface area contributed by atoms with E-state index in [1.165, 1.54) is 0 Å². The van der Waals surface area contributed by atoms with Crippen LogP contribution in [-0.2, 0) is 0 Å². The molecule has 0 amide bonds. The summed E-state index contributed by atoms with van der Waals surface area (Å²) in [6, 6.07) is 15.3. The predicted molar refractivity (Wildman–Crippen MR) is 107 cm³/mol. The molecule has 26 heavy (non-hydrogen) atoms. The van der Waals surface area contributed by atoms with Crippen LogP contribution in [0.15, 0.2) is 54.7 Å². The summed E-state index contributed by atoms with van der Waals surface area (Å²) in [4.78, 5) is 20.7. The molecule has 1 heterocycles. The van der Waals surface area contributed by atoms with Crippen LogP contribution in [0.1, 0.15) is 24.2 Å². The van der Waals surface area contributed by atoms with E-state index in [2.05, 4.69) is 23.7 Å². The van der Waals surface area contributed by atoms with Gasteiger partial charge in [-0.05, 0) is 32.0 Å². The molecule has 3 rings (SSSR count). The highest BCUT2D eigenvalue weighted by Crippen LogP contribution is 2.37. The van der Waals surface area contributed by atoms with E-state index in [4.69, 9.17) is 0 Å². The standard InChI is InChI=1S/C21H23N3O2/c1-4-24(5-2)20-16-12-9-13-17(21(25)26)19(16)18(14-22-20)23(3)15-10-7-6-8-11-15/h6-14H,4-5H2,1-3H3,(H,25,26). The molecule has 0 spiro atoms. The van der Waals surface area contributed by atoms with Crippen molar-refractivity contribution in [3.63, 3.8) is 0 Å². The summed E-state index contributed by atoms with van der Waals surface area (Å²) in [5.74, 6) is -0.117. The van der Waals surface area contributed by atoms with E-state index in [0.717, 1.165) is 35.7 Å². The maximum atomic E-state index is 11.9. The van der Waals surface area contributed by atoms with Gasteiger partial charge >= 0.3 is 5.97 Å². The van der Waals surface area contributed by atoms with Gasteiger partial charge < -0.3 is 14.9 Å². The summed E-state index contributed by atoms with van der Waals surface area (Å²) in [5, 5.41) is 11.3. The number of rotatable bonds is 6. The van der Waals surface area contributed by atoms with Crippen LogP contribution >= 0.6 is 0 Å². The fourth-order valence-electron chi connectivity index (χ4n) is 3.27. The lowest BCUT2D eigenvalue weighted by Crippen LogP contribution is -2.24. The molecule has 2 aromatic carbocycles. The number of para-hydroxylation sites is 1. The number of aromatic carboxylic acids is 1. The number of carboxylic acids is 1. The second-order valence-electron chi connectivity index (χ2n) is 6.07. The minimum Gasteiger partial charge on any atom is -0.478 e. The van der Waals surface area contributed by atoms with Gasteiger partial charge in [0.05, 0.1) is 17.4 Å². The monoisotopic (exact) mass is 349 g/mol. The maximum absolute atomic E-state index is 11.9. The van der Waals surface area contributed by atoms with Crippen LogP contribution in [0.3, 0.4) is 0 Å². The van der Waals surface area contributed by atoms with Crippen molar-refractivity contribution >= 4 is 33.9 Å². The molecular weight excluding hydrogens is 326 g/mol. The van der Waals surface area contributed by atoms with Gasteiger partial charge in [0.1, 0.15) is 5.82 Å². The molecule has 1 aromatic heterocycles. The Bertz CT molecular complexity index is 921. The number of carboxylic acid groups (broad SMARTS) is 1. The first-order valence-electron chi connectivity index (χ1n) is 8.77. The molecule has 0 saturated heterocycles. The summed E-state index contributed by atoms with van der Waals surface area (Å²) in [6.45, 7) is 5.76. The summed E-state index contributed by atoms with van der Waals surface area (Å²) >= 11 is 0. The van der Waals surface area contributed by atoms with Gasteiger partial charge in [-0.1, -0.05) is 30.3 Å². The van der Waals surface area contributed by atoms with Crippen molar-refractivity contribution in [2.24, 2.45) is 0 Å². The molecule has 0 saturated carbocycles. The number of aromatic nitrogens is 1. The van der Waals surface area contributed by atoms with E-state index in [0.29, 0.717) is 5.39 Å². The lowest BCUT2D eigenvalue weighted by atomic mass is 10.0. The van der Waals surface area contributed by atoms with Gasteiger partial charge in [-0.3, -0.25) is 0 Å². The molecular formula is C21H23N3O2. The lowest BCUT2D eigenvalue weighted by Gasteiger charge is -2.26. The second-order valence-corrected chi connectivity index (χ2v) is 6.07. The second kappa shape index (κ2) is 7.44. The van der Waals surface area contributed by atoms with Crippen molar-refractivity contribution in [3.05, 3.63) is 60.3 Å². The van der Waals surface area contributed by atoms with Crippen LogP contribution in [0.5, 0.6) is 0 Å². The first kappa shape index (κ1) is 17.7. The van der Waals surface area contributed by atoms with Crippen molar-refractivity contribution in [1.82, 2.24) is 4.98 Å². The van der Waals surface area contributed by atoms with Gasteiger partial charge in [-0.15, -0.1) is 0 Å². The third-order valence-corrected chi connectivity index (χ3v) is 4.67. The third-order valence-electron chi connectivity index (χ3n) is 4.67. The van der Waals surface area contributed by atoms with Gasteiger partial charge in [-0.25, -0.2) is 9.78 Å². The molecule has 0 radical (unpaired) electrons. The Kier molecular flexibility index (Phi) is 5.07. The minimum absolute atomic E-state index is 0.288. The average Bonchev–Trinajstić information content (AvgIpc) is 2.68. The lowest BCUT2D eigenvalue weighted by molar-refractivity contribution is 0.0699. The van der Waals surface area contributed by atoms with Gasteiger partial charge in [0.15, 0.2) is 0 Å². The number of carbonyl (C=O) groups is 1. The van der Waals surface area contributed by atoms with Crippen LogP contribution in [0.2, 0.25) is 0 Å². The molecule has 0 unspecified atom stereocenters. The molecule has 0 aliphatic rings. The van der Waals surface area contributed by atoms with Crippen molar-refractivity contribution in [2.75, 3.05) is 29.9 Å². The van der Waals surface area contributed by atoms with Gasteiger partial charge in [0, 0.05) is 36.6 Å². The zero-order valence-corrected chi connectivity index (χ0v) is 15.3. The Balaban J connectivity index is 2.30. The van der Waals surface area contributed by atoms with Crippen LogP contribution in [0, 0.1) is 0 Å². The smallest absolute Gasteiger partial charge is 0.336 e.